The molecule has 1 atom stereocenters. The second-order valence-corrected chi connectivity index (χ2v) is 8.53. The smallest absolute Gasteiger partial charge is 0.269 e. The van der Waals surface area contributed by atoms with Gasteiger partial charge in [0.15, 0.2) is 5.11 Å². The molecule has 3 N–H and O–H groups in total. The van der Waals surface area contributed by atoms with Crippen LogP contribution in [-0.2, 0) is 4.79 Å². The maximum Gasteiger partial charge on any atom is 0.269 e. The van der Waals surface area contributed by atoms with Crippen LogP contribution in [0.3, 0.4) is 0 Å². The van der Waals surface area contributed by atoms with Crippen molar-refractivity contribution in [3.63, 3.8) is 0 Å². The zero-order valence-corrected chi connectivity index (χ0v) is 17.7. The first-order chi connectivity index (χ1) is 12.6. The maximum atomic E-state index is 12.0. The number of alkyl halides is 3. The molecule has 1 aromatic carbocycles. The molecule has 7 nitrogen and oxygen atoms in total. The summed E-state index contributed by atoms with van der Waals surface area (Å²) < 4.78 is -1.83. The number of non-ortho nitro benzene ring substituents is 1. The molecule has 1 rings (SSSR count). The number of hydrogen-bond donors (Lipinski definition) is 3. The van der Waals surface area contributed by atoms with E-state index < -0.39 is 14.9 Å². The first kappa shape index (κ1) is 23.7. The Morgan fingerprint density at radius 1 is 1.19 bits per heavy atom. The molecule has 0 aliphatic carbocycles. The fourth-order valence-corrected chi connectivity index (χ4v) is 2.67. The van der Waals surface area contributed by atoms with Crippen LogP contribution in [0.2, 0.25) is 0 Å². The molecule has 11 heteroatoms. The van der Waals surface area contributed by atoms with Crippen LogP contribution < -0.4 is 16.0 Å². The monoisotopic (exact) mass is 454 g/mol. The number of amides is 1. The standard InChI is InChI=1S/C16H21Cl3N4O3S/c1-2-3-4-5-6-13(24)21-14(16(17,18)19)22-15(27)20-11-7-9-12(10-8-11)23(25)26/h7-10,14H,2-6H2,1H3,(H,21,24)(H2,20,22,27)/t14-/m0/s1. The third-order valence-electron chi connectivity index (χ3n) is 3.50. The van der Waals surface area contributed by atoms with E-state index in [9.17, 15) is 14.9 Å². The summed E-state index contributed by atoms with van der Waals surface area (Å²) in [5.74, 6) is -0.256. The molecule has 0 spiro atoms. The fourth-order valence-electron chi connectivity index (χ4n) is 2.11. The van der Waals surface area contributed by atoms with Crippen molar-refractivity contribution in [3.05, 3.63) is 34.4 Å². The molecular formula is C16H21Cl3N4O3S. The molecule has 0 aliphatic heterocycles. The van der Waals surface area contributed by atoms with Crippen molar-refractivity contribution in [2.75, 3.05) is 5.32 Å². The molecule has 0 radical (unpaired) electrons. The minimum absolute atomic E-state index is 0.0473. The summed E-state index contributed by atoms with van der Waals surface area (Å²) in [5.41, 5.74) is 0.459. The summed E-state index contributed by atoms with van der Waals surface area (Å²) in [6.07, 6.45) is 3.11. The van der Waals surface area contributed by atoms with Crippen molar-refractivity contribution < 1.29 is 9.72 Å². The number of unbranched alkanes of at least 4 members (excludes halogenated alkanes) is 3. The number of nitrogens with one attached hydrogen (secondary N) is 3. The average molecular weight is 456 g/mol. The fraction of sp³-hybridized carbons (Fsp3) is 0.500. The predicted octanol–water partition coefficient (Wildman–Crippen LogP) is 4.66. The molecule has 0 fully saturated rings. The van der Waals surface area contributed by atoms with Gasteiger partial charge in [-0.1, -0.05) is 61.0 Å². The highest BCUT2D eigenvalue weighted by Gasteiger charge is 2.34. The van der Waals surface area contributed by atoms with E-state index in [0.29, 0.717) is 12.1 Å². The zero-order valence-electron chi connectivity index (χ0n) is 14.6. The number of carbonyl (C=O) groups excluding carboxylic acids is 1. The van der Waals surface area contributed by atoms with E-state index in [1.54, 1.807) is 0 Å². The SMILES string of the molecule is CCCCCCC(=O)N[C@@H](NC(=S)Nc1ccc([N+](=O)[O-])cc1)C(Cl)(Cl)Cl. The van der Waals surface area contributed by atoms with Crippen molar-refractivity contribution in [1.82, 2.24) is 10.6 Å². The van der Waals surface area contributed by atoms with Gasteiger partial charge in [0.05, 0.1) is 4.92 Å². The topological polar surface area (TPSA) is 96.3 Å². The van der Waals surface area contributed by atoms with E-state index in [-0.39, 0.29) is 16.7 Å². The molecule has 0 heterocycles. The van der Waals surface area contributed by atoms with Crippen LogP contribution in [-0.4, -0.2) is 25.9 Å². The van der Waals surface area contributed by atoms with Gasteiger partial charge in [0.1, 0.15) is 6.17 Å². The maximum absolute atomic E-state index is 12.0. The van der Waals surface area contributed by atoms with Crippen LogP contribution in [0.4, 0.5) is 11.4 Å². The summed E-state index contributed by atoms with van der Waals surface area (Å²) in [4.78, 5) is 22.2. The Bertz CT molecular complexity index is 653. The van der Waals surface area contributed by atoms with Crippen molar-refractivity contribution in [3.8, 4) is 0 Å². The highest BCUT2D eigenvalue weighted by Crippen LogP contribution is 2.29. The van der Waals surface area contributed by atoms with Crippen LogP contribution in [0.15, 0.2) is 24.3 Å². The number of carbonyl (C=O) groups is 1. The van der Waals surface area contributed by atoms with Gasteiger partial charge in [-0.25, -0.2) is 0 Å². The van der Waals surface area contributed by atoms with Crippen LogP contribution >= 0.6 is 47.0 Å². The lowest BCUT2D eigenvalue weighted by Crippen LogP contribution is -2.56. The Morgan fingerprint density at radius 2 is 1.81 bits per heavy atom. The van der Waals surface area contributed by atoms with E-state index in [0.717, 1.165) is 25.7 Å². The molecule has 0 unspecified atom stereocenters. The van der Waals surface area contributed by atoms with Gasteiger partial charge in [-0.15, -0.1) is 0 Å². The Balaban J connectivity index is 2.61. The minimum atomic E-state index is -1.83. The largest absolute Gasteiger partial charge is 0.339 e. The van der Waals surface area contributed by atoms with E-state index in [4.69, 9.17) is 47.0 Å². The van der Waals surface area contributed by atoms with Crippen LogP contribution in [0.1, 0.15) is 39.0 Å². The van der Waals surface area contributed by atoms with Gasteiger partial charge in [-0.3, -0.25) is 14.9 Å². The third-order valence-corrected chi connectivity index (χ3v) is 4.38. The Kier molecular flexibility index (Phi) is 10.1. The Hall–Kier alpha value is -1.35. The van der Waals surface area contributed by atoms with Gasteiger partial charge in [-0.2, -0.15) is 0 Å². The number of hydrogen-bond acceptors (Lipinski definition) is 4. The number of nitro benzene ring substituents is 1. The quantitative estimate of drug-likeness (QED) is 0.125. The van der Waals surface area contributed by atoms with Crippen molar-refractivity contribution >= 4 is 69.4 Å². The third kappa shape index (κ3) is 9.41. The second-order valence-electron chi connectivity index (χ2n) is 5.76. The Labute approximate surface area is 178 Å². The van der Waals surface area contributed by atoms with E-state index in [1.807, 2.05) is 0 Å². The van der Waals surface area contributed by atoms with Crippen LogP contribution in [0, 0.1) is 10.1 Å². The summed E-state index contributed by atoms with van der Waals surface area (Å²) in [7, 11) is 0. The number of benzene rings is 1. The molecule has 0 aliphatic rings. The Morgan fingerprint density at radius 3 is 2.33 bits per heavy atom. The van der Waals surface area contributed by atoms with Crippen molar-refractivity contribution in [1.29, 1.82) is 0 Å². The summed E-state index contributed by atoms with van der Waals surface area (Å²) in [6.45, 7) is 2.09. The van der Waals surface area contributed by atoms with E-state index in [2.05, 4.69) is 22.9 Å². The lowest BCUT2D eigenvalue weighted by molar-refractivity contribution is -0.384. The summed E-state index contributed by atoms with van der Waals surface area (Å²) in [5, 5.41) is 18.9. The van der Waals surface area contributed by atoms with Gasteiger partial charge in [0, 0.05) is 24.2 Å². The van der Waals surface area contributed by atoms with E-state index >= 15 is 0 Å². The first-order valence-corrected chi connectivity index (χ1v) is 9.85. The molecule has 0 bridgehead atoms. The number of nitro groups is 1. The van der Waals surface area contributed by atoms with Gasteiger partial charge in [-0.05, 0) is 30.8 Å². The normalized spacial score (nSPS) is 12.1. The predicted molar refractivity (Wildman–Crippen MR) is 113 cm³/mol. The zero-order chi connectivity index (χ0) is 20.4. The average Bonchev–Trinajstić information content (AvgIpc) is 2.58. The lowest BCUT2D eigenvalue weighted by atomic mass is 10.1. The summed E-state index contributed by atoms with van der Waals surface area (Å²) in [6, 6.07) is 5.64. The second kappa shape index (κ2) is 11.5. The van der Waals surface area contributed by atoms with Crippen LogP contribution in [0.25, 0.3) is 0 Å². The molecule has 27 heavy (non-hydrogen) atoms. The minimum Gasteiger partial charge on any atom is -0.339 e. The van der Waals surface area contributed by atoms with Crippen LogP contribution in [0.5, 0.6) is 0 Å². The number of thiocarbonyl (C=S) groups is 1. The van der Waals surface area contributed by atoms with Gasteiger partial charge >= 0.3 is 0 Å². The van der Waals surface area contributed by atoms with Gasteiger partial charge < -0.3 is 16.0 Å². The highest BCUT2D eigenvalue weighted by molar-refractivity contribution is 7.80. The van der Waals surface area contributed by atoms with Gasteiger partial charge in [0.25, 0.3) is 5.69 Å². The molecule has 1 amide bonds. The molecule has 150 valence electrons. The van der Waals surface area contributed by atoms with Crippen molar-refractivity contribution in [2.24, 2.45) is 0 Å². The molecule has 0 aromatic heterocycles. The van der Waals surface area contributed by atoms with Gasteiger partial charge in [0.2, 0.25) is 9.70 Å². The molecule has 0 saturated carbocycles. The van der Waals surface area contributed by atoms with Crippen molar-refractivity contribution in [2.45, 2.75) is 49.0 Å². The number of anilines is 1. The highest BCUT2D eigenvalue weighted by atomic mass is 35.6. The number of nitrogens with zero attached hydrogens (tertiary/aromatic N) is 1. The number of rotatable bonds is 9. The lowest BCUT2D eigenvalue weighted by Gasteiger charge is -2.27. The molecular weight excluding hydrogens is 435 g/mol. The molecule has 1 aromatic rings. The number of halogens is 3. The molecule has 0 saturated heterocycles. The van der Waals surface area contributed by atoms with E-state index in [1.165, 1.54) is 24.3 Å². The summed E-state index contributed by atoms with van der Waals surface area (Å²) >= 11 is 22.9. The first-order valence-electron chi connectivity index (χ1n) is 8.31.